The maximum absolute atomic E-state index is 16.7. The first kappa shape index (κ1) is 69.7. The van der Waals surface area contributed by atoms with Gasteiger partial charge in [-0.2, -0.15) is 25.4 Å². The topological polar surface area (TPSA) is 224 Å². The zero-order valence-electron chi connectivity index (χ0n) is 51.4. The standard InChI is InChI=1S/C68H84N8O7P2/c1-49(2)21-13-25-53(9)37-65(73-61-33-17-29-57(41-61)45-69)79-84(77,80-66(38-54(10)26-14-22-50(3)4)74-62-34-18-30-58(42-62)46-70)83-85(78,81-67(39-55(11)27-15-23-51(5)6)75-63-35-19-31-59(43-63)47-71)82-68(40-56(12)28-16-24-52(7)8)76-64-36-20-32-60(44-64)48-72/h17-24,29-44,65-68,73-76H,13-16,25-28H2,1-12H3/b53-37+,54-38+,55-39+,56-40+. The van der Waals surface area contributed by atoms with Crippen LogP contribution in [0.3, 0.4) is 0 Å². The fourth-order valence-electron chi connectivity index (χ4n) is 8.29. The van der Waals surface area contributed by atoms with E-state index in [0.29, 0.717) is 96.4 Å². The molecule has 0 bridgehead atoms. The maximum Gasteiger partial charge on any atom is 0.488 e. The number of benzene rings is 4. The highest BCUT2D eigenvalue weighted by Crippen LogP contribution is 2.68. The molecule has 4 aromatic rings. The summed E-state index contributed by atoms with van der Waals surface area (Å²) in [4.78, 5) is 0. The average Bonchev–Trinajstić information content (AvgIpc) is 3.64. The first-order valence-corrected chi connectivity index (χ1v) is 31.3. The molecular weight excluding hydrogens is 1100 g/mol. The predicted molar refractivity (Wildman–Crippen MR) is 345 cm³/mol. The Hall–Kier alpha value is -7.78. The summed E-state index contributed by atoms with van der Waals surface area (Å²) in [7, 11) is -10.9. The van der Waals surface area contributed by atoms with Gasteiger partial charge in [0.25, 0.3) is 0 Å². The monoisotopic (exact) mass is 1190 g/mol. The van der Waals surface area contributed by atoms with Crippen LogP contribution in [0.2, 0.25) is 0 Å². The number of phosphoric acid groups is 2. The number of anilines is 4. The van der Waals surface area contributed by atoms with Gasteiger partial charge in [0.15, 0.2) is 24.9 Å². The van der Waals surface area contributed by atoms with E-state index in [1.165, 1.54) is 0 Å². The van der Waals surface area contributed by atoms with E-state index in [-0.39, 0.29) is 0 Å². The van der Waals surface area contributed by atoms with E-state index < -0.39 is 40.6 Å². The van der Waals surface area contributed by atoms with Crippen molar-refractivity contribution in [2.75, 3.05) is 21.3 Å². The number of allylic oxidation sites excluding steroid dienone is 12. The third-order valence-electron chi connectivity index (χ3n) is 12.5. The van der Waals surface area contributed by atoms with Gasteiger partial charge in [-0.3, -0.25) is 18.1 Å². The van der Waals surface area contributed by atoms with Gasteiger partial charge in [-0.05, 0) is 232 Å². The Kier molecular flexibility index (Phi) is 29.6. The number of nitrogens with zero attached hydrogens (tertiary/aromatic N) is 4. The van der Waals surface area contributed by atoms with Crippen molar-refractivity contribution >= 4 is 38.4 Å². The van der Waals surface area contributed by atoms with Crippen molar-refractivity contribution in [1.82, 2.24) is 0 Å². The highest BCUT2D eigenvalue weighted by molar-refractivity contribution is 7.62. The highest BCUT2D eigenvalue weighted by atomic mass is 31.3. The van der Waals surface area contributed by atoms with E-state index in [9.17, 15) is 21.0 Å². The molecule has 0 radical (unpaired) electrons. The number of hydrogen-bond acceptors (Lipinski definition) is 15. The Morgan fingerprint density at radius 3 is 0.788 bits per heavy atom. The molecule has 0 aromatic heterocycles. The van der Waals surface area contributed by atoms with Crippen LogP contribution in [-0.4, -0.2) is 24.9 Å². The third-order valence-corrected chi connectivity index (χ3v) is 16.0. The zero-order chi connectivity index (χ0) is 62.4. The number of hydrogen-bond donors (Lipinski definition) is 4. The summed E-state index contributed by atoms with van der Waals surface area (Å²) >= 11 is 0. The fraction of sp³-hybridized carbons (Fsp3) is 0.353. The van der Waals surface area contributed by atoms with Gasteiger partial charge in [-0.25, -0.2) is 9.13 Å². The van der Waals surface area contributed by atoms with Gasteiger partial charge in [-0.15, -0.1) is 0 Å². The summed E-state index contributed by atoms with van der Waals surface area (Å²) in [5, 5.41) is 52.9. The molecule has 85 heavy (non-hydrogen) atoms. The van der Waals surface area contributed by atoms with Crippen molar-refractivity contribution in [3.63, 3.8) is 0 Å². The van der Waals surface area contributed by atoms with Crippen LogP contribution in [0.15, 0.2) is 190 Å². The van der Waals surface area contributed by atoms with Crippen LogP contribution in [0.25, 0.3) is 0 Å². The molecule has 4 rings (SSSR count). The Morgan fingerprint density at radius 2 is 0.600 bits per heavy atom. The summed E-state index contributed by atoms with van der Waals surface area (Å²) in [6.45, 7) is 23.7. The molecule has 0 aliphatic heterocycles. The second kappa shape index (κ2) is 36.2. The molecule has 0 fully saturated rings. The van der Waals surface area contributed by atoms with Gasteiger partial charge in [0.2, 0.25) is 0 Å². The van der Waals surface area contributed by atoms with Crippen molar-refractivity contribution < 1.29 is 31.5 Å². The van der Waals surface area contributed by atoms with Crippen molar-refractivity contribution in [2.24, 2.45) is 0 Å². The molecule has 0 saturated carbocycles. The quantitative estimate of drug-likeness (QED) is 0.0194. The van der Waals surface area contributed by atoms with Crippen molar-refractivity contribution in [3.05, 3.63) is 213 Å². The number of nitrogens with one attached hydrogen (secondary N) is 4. The third kappa shape index (κ3) is 28.1. The van der Waals surface area contributed by atoms with Crippen LogP contribution in [0.5, 0.6) is 0 Å². The Morgan fingerprint density at radius 1 is 0.388 bits per heavy atom. The highest BCUT2D eigenvalue weighted by Gasteiger charge is 2.47. The molecule has 0 saturated heterocycles. The number of nitriles is 4. The normalized spacial score (nSPS) is 14.6. The lowest BCUT2D eigenvalue weighted by molar-refractivity contribution is 0.0825. The van der Waals surface area contributed by atoms with E-state index in [1.807, 2.05) is 83.1 Å². The average molecular weight is 1190 g/mol. The largest absolute Gasteiger partial charge is 0.488 e. The van der Waals surface area contributed by atoms with Gasteiger partial charge in [0.05, 0.1) is 46.5 Å². The second-order valence-corrected chi connectivity index (χ2v) is 25.0. The maximum atomic E-state index is 16.7. The lowest BCUT2D eigenvalue weighted by atomic mass is 10.1. The second-order valence-electron chi connectivity index (χ2n) is 21.8. The minimum atomic E-state index is -5.47. The molecule has 4 aromatic carbocycles. The van der Waals surface area contributed by atoms with Crippen LogP contribution in [0.1, 0.15) is 157 Å². The van der Waals surface area contributed by atoms with E-state index >= 15 is 9.13 Å². The molecule has 0 heterocycles. The minimum Gasteiger partial charge on any atom is -0.356 e. The Balaban J connectivity index is 2.14. The van der Waals surface area contributed by atoms with Gasteiger partial charge in [0.1, 0.15) is 0 Å². The summed E-state index contributed by atoms with van der Waals surface area (Å²) in [6, 6.07) is 35.2. The smallest absolute Gasteiger partial charge is 0.356 e. The molecule has 0 spiro atoms. The molecule has 17 heteroatoms. The number of rotatable bonds is 34. The summed E-state index contributed by atoms with van der Waals surface area (Å²) in [5.41, 5.74) is 10.7. The summed E-state index contributed by atoms with van der Waals surface area (Å²) in [6.07, 6.45) is 14.7. The lowest BCUT2D eigenvalue weighted by Crippen LogP contribution is -2.28. The molecule has 4 N–H and O–H groups in total. The molecule has 0 aliphatic rings. The van der Waals surface area contributed by atoms with Crippen LogP contribution < -0.4 is 21.3 Å². The first-order valence-electron chi connectivity index (χ1n) is 28.4. The van der Waals surface area contributed by atoms with Crippen molar-refractivity contribution in [3.8, 4) is 24.3 Å². The van der Waals surface area contributed by atoms with E-state index in [2.05, 4.69) is 69.8 Å². The molecule has 0 amide bonds. The predicted octanol–water partition coefficient (Wildman–Crippen LogP) is 19.3. The Labute approximate surface area is 506 Å². The first-order chi connectivity index (χ1) is 40.5. The summed E-state index contributed by atoms with van der Waals surface area (Å²) in [5.74, 6) is 0. The minimum absolute atomic E-state index is 0.332. The molecule has 4 atom stereocenters. The van der Waals surface area contributed by atoms with Gasteiger partial charge in [-0.1, -0.05) is 93.2 Å². The zero-order valence-corrected chi connectivity index (χ0v) is 53.2. The van der Waals surface area contributed by atoms with Crippen molar-refractivity contribution in [2.45, 2.75) is 159 Å². The number of phosphoric ester groups is 2. The van der Waals surface area contributed by atoms with Gasteiger partial charge >= 0.3 is 15.6 Å². The molecule has 448 valence electrons. The van der Waals surface area contributed by atoms with Crippen LogP contribution in [-0.2, 0) is 31.5 Å². The molecular formula is C68H84N8O7P2. The van der Waals surface area contributed by atoms with Crippen molar-refractivity contribution in [1.29, 1.82) is 21.0 Å². The van der Waals surface area contributed by atoms with E-state index in [0.717, 1.165) is 44.6 Å². The van der Waals surface area contributed by atoms with E-state index in [1.54, 1.807) is 121 Å². The molecule has 15 nitrogen and oxygen atoms in total. The molecule has 4 unspecified atom stereocenters. The lowest BCUT2D eigenvalue weighted by Gasteiger charge is -2.32. The van der Waals surface area contributed by atoms with Crippen LogP contribution in [0.4, 0.5) is 22.7 Å². The van der Waals surface area contributed by atoms with Gasteiger partial charge in [0, 0.05) is 22.7 Å². The fourth-order valence-corrected chi connectivity index (χ4v) is 11.6. The SMILES string of the molecule is CC(C)=CCC/C(C)=C/C(Nc1cccc(C#N)c1)OP(=O)(OC(/C=C(\C)CCC=C(C)C)Nc1cccc(C#N)c1)OP(=O)(OC(/C=C(\C)CCC=C(C)C)Nc1cccc(C#N)c1)OC(/C=C(\C)CCC=C(C)C)Nc1cccc(C#N)c1. The Bertz CT molecular complexity index is 2970. The van der Waals surface area contributed by atoms with Gasteiger partial charge < -0.3 is 21.3 Å². The van der Waals surface area contributed by atoms with E-state index in [4.69, 9.17) is 22.4 Å². The van der Waals surface area contributed by atoms with Crippen LogP contribution in [0, 0.1) is 45.3 Å². The van der Waals surface area contributed by atoms with Crippen LogP contribution >= 0.6 is 15.6 Å². The summed E-state index contributed by atoms with van der Waals surface area (Å²) < 4.78 is 66.8. The molecule has 0 aliphatic carbocycles.